The van der Waals surface area contributed by atoms with Crippen molar-refractivity contribution >= 4 is 50.5 Å². The largest absolute Gasteiger partial charge is 0.416 e. The Bertz CT molecular complexity index is 829. The maximum Gasteiger partial charge on any atom is 0.416 e. The predicted octanol–water partition coefficient (Wildman–Crippen LogP) is 7.35. The van der Waals surface area contributed by atoms with Gasteiger partial charge in [-0.05, 0) is 52.3 Å². The molecule has 0 saturated carbocycles. The van der Waals surface area contributed by atoms with Crippen LogP contribution in [0.5, 0.6) is 0 Å². The molecule has 0 spiro atoms. The first kappa shape index (κ1) is 23.2. The highest BCUT2D eigenvalue weighted by atomic mass is 79.9. The normalized spacial score (nSPS) is 12.8. The second-order valence-corrected chi connectivity index (χ2v) is 5.97. The monoisotopic (exact) mass is 516 g/mol. The minimum absolute atomic E-state index is 0. The van der Waals surface area contributed by atoms with Gasteiger partial charge in [-0.15, -0.1) is 17.0 Å². The Labute approximate surface area is 169 Å². The van der Waals surface area contributed by atoms with Crippen molar-refractivity contribution in [1.29, 1.82) is 0 Å². The van der Waals surface area contributed by atoms with Crippen molar-refractivity contribution < 1.29 is 26.3 Å². The lowest BCUT2D eigenvalue weighted by atomic mass is 10.2. The zero-order valence-electron chi connectivity index (χ0n) is 13.3. The number of benzene rings is 2. The molecule has 2 aromatic rings. The van der Waals surface area contributed by atoms with Gasteiger partial charge >= 0.3 is 12.4 Å². The van der Waals surface area contributed by atoms with Crippen LogP contribution < -0.4 is 5.32 Å². The van der Waals surface area contributed by atoms with E-state index in [1.807, 2.05) is 0 Å². The molecule has 146 valence electrons. The Morgan fingerprint density at radius 3 is 2.04 bits per heavy atom. The van der Waals surface area contributed by atoms with Crippen molar-refractivity contribution in [2.75, 3.05) is 5.32 Å². The molecule has 0 aromatic heterocycles. The Morgan fingerprint density at radius 1 is 0.889 bits per heavy atom. The SMILES string of the molecule is Br.FC(F)(F)c1cccc(N=C/C(Br)=C\Nc2cccc(C(F)(F)F)c2)c1. The Kier molecular flexibility index (Phi) is 8.09. The van der Waals surface area contributed by atoms with Crippen molar-refractivity contribution in [2.24, 2.45) is 4.99 Å². The Balaban J connectivity index is 0.00000364. The number of alkyl halides is 6. The molecule has 2 aromatic carbocycles. The average Bonchev–Trinajstić information content (AvgIpc) is 2.57. The van der Waals surface area contributed by atoms with Gasteiger partial charge in [0.2, 0.25) is 0 Å². The molecule has 2 nitrogen and oxygen atoms in total. The van der Waals surface area contributed by atoms with E-state index >= 15 is 0 Å². The van der Waals surface area contributed by atoms with Crippen LogP contribution >= 0.6 is 32.9 Å². The first-order valence-corrected chi connectivity index (χ1v) is 7.86. The standard InChI is InChI=1S/C17H11BrF6N2.BrH/c18-13(9-25-14-5-1-3-11(7-14)16(19,20)21)10-26-15-6-2-4-12(8-15)17(22,23)24;/h1-10,25H;1H/b13-9+,26-10?;. The van der Waals surface area contributed by atoms with Gasteiger partial charge in [-0.1, -0.05) is 12.1 Å². The fraction of sp³-hybridized carbons (Fsp3) is 0.118. The van der Waals surface area contributed by atoms with E-state index in [1.165, 1.54) is 36.7 Å². The quantitative estimate of drug-likeness (QED) is 0.332. The van der Waals surface area contributed by atoms with E-state index in [-0.39, 0.29) is 28.4 Å². The van der Waals surface area contributed by atoms with Gasteiger partial charge in [0.05, 0.1) is 21.3 Å². The Hall–Kier alpha value is -1.81. The van der Waals surface area contributed by atoms with Gasteiger partial charge < -0.3 is 5.32 Å². The van der Waals surface area contributed by atoms with Gasteiger partial charge in [0.1, 0.15) is 0 Å². The number of nitrogens with zero attached hydrogens (tertiary/aromatic N) is 1. The van der Waals surface area contributed by atoms with Gasteiger partial charge in [0.15, 0.2) is 0 Å². The second-order valence-electron chi connectivity index (χ2n) is 5.06. The molecule has 0 unspecified atom stereocenters. The molecule has 0 fully saturated rings. The summed E-state index contributed by atoms with van der Waals surface area (Å²) in [6.45, 7) is 0. The molecule has 1 N–H and O–H groups in total. The molecule has 0 aliphatic rings. The van der Waals surface area contributed by atoms with Crippen molar-refractivity contribution in [3.8, 4) is 0 Å². The van der Waals surface area contributed by atoms with Crippen molar-refractivity contribution in [3.05, 3.63) is 70.3 Å². The maximum atomic E-state index is 12.6. The highest BCUT2D eigenvalue weighted by molar-refractivity contribution is 9.12. The summed E-state index contributed by atoms with van der Waals surface area (Å²) in [5, 5.41) is 2.65. The average molecular weight is 518 g/mol. The molecule has 0 heterocycles. The zero-order valence-corrected chi connectivity index (χ0v) is 16.6. The summed E-state index contributed by atoms with van der Waals surface area (Å²) in [7, 11) is 0. The second kappa shape index (κ2) is 9.41. The highest BCUT2D eigenvalue weighted by Gasteiger charge is 2.31. The fourth-order valence-electron chi connectivity index (χ4n) is 1.87. The van der Waals surface area contributed by atoms with Crippen molar-refractivity contribution in [2.45, 2.75) is 12.4 Å². The molecule has 2 rings (SSSR count). The van der Waals surface area contributed by atoms with E-state index in [0.29, 0.717) is 4.48 Å². The minimum Gasteiger partial charge on any atom is -0.361 e. The van der Waals surface area contributed by atoms with Crippen LogP contribution in [-0.4, -0.2) is 6.21 Å². The molecule has 0 amide bonds. The number of rotatable bonds is 4. The van der Waals surface area contributed by atoms with Crippen LogP contribution in [0.2, 0.25) is 0 Å². The summed E-state index contributed by atoms with van der Waals surface area (Å²) in [6.07, 6.45) is -6.37. The summed E-state index contributed by atoms with van der Waals surface area (Å²) < 4.78 is 76.1. The van der Waals surface area contributed by atoms with E-state index in [4.69, 9.17) is 0 Å². The lowest BCUT2D eigenvalue weighted by Crippen LogP contribution is -2.05. The van der Waals surface area contributed by atoms with Crippen LogP contribution in [0, 0.1) is 0 Å². The lowest BCUT2D eigenvalue weighted by Gasteiger charge is -2.08. The van der Waals surface area contributed by atoms with Crippen LogP contribution in [-0.2, 0) is 12.4 Å². The molecule has 0 aliphatic heterocycles. The molecule has 0 saturated heterocycles. The van der Waals surface area contributed by atoms with Crippen LogP contribution in [0.15, 0.2) is 64.2 Å². The van der Waals surface area contributed by atoms with E-state index in [1.54, 1.807) is 0 Å². The van der Waals surface area contributed by atoms with Crippen molar-refractivity contribution in [1.82, 2.24) is 0 Å². The third-order valence-electron chi connectivity index (χ3n) is 3.08. The van der Waals surface area contributed by atoms with E-state index in [0.717, 1.165) is 24.3 Å². The molecule has 0 atom stereocenters. The van der Waals surface area contributed by atoms with Crippen LogP contribution in [0.1, 0.15) is 11.1 Å². The van der Waals surface area contributed by atoms with Crippen LogP contribution in [0.25, 0.3) is 0 Å². The van der Waals surface area contributed by atoms with Gasteiger partial charge in [0, 0.05) is 18.1 Å². The first-order valence-electron chi connectivity index (χ1n) is 7.06. The Morgan fingerprint density at radius 2 is 1.44 bits per heavy atom. The maximum absolute atomic E-state index is 12.6. The first-order chi connectivity index (χ1) is 12.1. The molecule has 10 heteroatoms. The summed E-state index contributed by atoms with van der Waals surface area (Å²) in [6, 6.07) is 9.01. The zero-order chi connectivity index (χ0) is 19.4. The fourth-order valence-corrected chi connectivity index (χ4v) is 2.09. The predicted molar refractivity (Wildman–Crippen MR) is 102 cm³/mol. The van der Waals surface area contributed by atoms with Crippen LogP contribution in [0.4, 0.5) is 37.7 Å². The molecule has 0 radical (unpaired) electrons. The van der Waals surface area contributed by atoms with Crippen molar-refractivity contribution in [3.63, 3.8) is 0 Å². The van der Waals surface area contributed by atoms with E-state index in [2.05, 4.69) is 26.2 Å². The number of hydrogen-bond acceptors (Lipinski definition) is 2. The van der Waals surface area contributed by atoms with Gasteiger partial charge in [-0.3, -0.25) is 4.99 Å². The molecular formula is C17H12Br2F6N2. The van der Waals surface area contributed by atoms with Gasteiger partial charge in [-0.25, -0.2) is 0 Å². The molecular weight excluding hydrogens is 506 g/mol. The summed E-state index contributed by atoms with van der Waals surface area (Å²) in [4.78, 5) is 3.89. The van der Waals surface area contributed by atoms with Gasteiger partial charge in [0.25, 0.3) is 0 Å². The number of nitrogens with one attached hydrogen (secondary N) is 1. The number of allylic oxidation sites excluding steroid dienone is 1. The topological polar surface area (TPSA) is 24.4 Å². The summed E-state index contributed by atoms with van der Waals surface area (Å²) in [5.41, 5.74) is -1.34. The smallest absolute Gasteiger partial charge is 0.361 e. The third-order valence-corrected chi connectivity index (χ3v) is 3.51. The highest BCUT2D eigenvalue weighted by Crippen LogP contribution is 2.32. The lowest BCUT2D eigenvalue weighted by molar-refractivity contribution is -0.138. The van der Waals surface area contributed by atoms with Crippen LogP contribution in [0.3, 0.4) is 0 Å². The van der Waals surface area contributed by atoms with E-state index in [9.17, 15) is 26.3 Å². The summed E-state index contributed by atoms with van der Waals surface area (Å²) in [5.74, 6) is 0. The number of hydrogen-bond donors (Lipinski definition) is 1. The number of halogens is 8. The molecule has 0 bridgehead atoms. The van der Waals surface area contributed by atoms with E-state index < -0.39 is 23.5 Å². The number of aliphatic imine (C=N–C) groups is 1. The third kappa shape index (κ3) is 7.37. The minimum atomic E-state index is -4.47. The summed E-state index contributed by atoms with van der Waals surface area (Å²) >= 11 is 3.11. The molecule has 0 aliphatic carbocycles. The molecule has 27 heavy (non-hydrogen) atoms. The number of anilines is 1. The van der Waals surface area contributed by atoms with Gasteiger partial charge in [-0.2, -0.15) is 26.3 Å².